The summed E-state index contributed by atoms with van der Waals surface area (Å²) in [6, 6.07) is 6.59. The number of rotatable bonds is 3. The van der Waals surface area contributed by atoms with E-state index < -0.39 is 0 Å². The maximum Gasteiger partial charge on any atom is 0.227 e. The van der Waals surface area contributed by atoms with Gasteiger partial charge < -0.3 is 9.15 Å². The second kappa shape index (κ2) is 4.38. The summed E-state index contributed by atoms with van der Waals surface area (Å²) in [6.45, 7) is 1.41. The zero-order valence-electron chi connectivity index (χ0n) is 11.0. The van der Waals surface area contributed by atoms with Gasteiger partial charge in [0.25, 0.3) is 0 Å². The van der Waals surface area contributed by atoms with Crippen LogP contribution in [0.2, 0.25) is 0 Å². The van der Waals surface area contributed by atoms with Gasteiger partial charge in [0, 0.05) is 6.61 Å². The molecule has 104 valence electrons. The van der Waals surface area contributed by atoms with Gasteiger partial charge in [-0.2, -0.15) is 0 Å². The number of aromatic nitrogens is 2. The highest BCUT2D eigenvalue weighted by Crippen LogP contribution is 2.53. The zero-order chi connectivity index (χ0) is 13.6. The van der Waals surface area contributed by atoms with Gasteiger partial charge >= 0.3 is 0 Å². The van der Waals surface area contributed by atoms with Crippen LogP contribution in [0.3, 0.4) is 0 Å². The Balaban J connectivity index is 1.65. The van der Waals surface area contributed by atoms with Crippen LogP contribution in [0.15, 0.2) is 28.7 Å². The van der Waals surface area contributed by atoms with Gasteiger partial charge in [0.1, 0.15) is 5.82 Å². The Morgan fingerprint density at radius 1 is 1.15 bits per heavy atom. The minimum atomic E-state index is -0.223. The van der Waals surface area contributed by atoms with E-state index in [9.17, 15) is 4.39 Å². The van der Waals surface area contributed by atoms with E-state index in [1.54, 1.807) is 0 Å². The standard InChI is InChI=1S/C15H15FN2O2/c16-12-3-1-11(2-4-12)15(6-7-15)14-18-17-13(20-14)10-5-8-19-9-10/h1-4,10H,5-9H2/t10-/m1/s1. The van der Waals surface area contributed by atoms with Crippen LogP contribution in [0.4, 0.5) is 4.39 Å². The highest BCUT2D eigenvalue weighted by atomic mass is 19.1. The lowest BCUT2D eigenvalue weighted by molar-refractivity contribution is 0.190. The molecule has 1 saturated heterocycles. The topological polar surface area (TPSA) is 48.2 Å². The molecular weight excluding hydrogens is 259 g/mol. The van der Waals surface area contributed by atoms with Crippen molar-refractivity contribution in [2.45, 2.75) is 30.6 Å². The SMILES string of the molecule is Fc1ccc(C2(c3nnc([C@@H]4CCOC4)o3)CC2)cc1. The van der Waals surface area contributed by atoms with Crippen molar-refractivity contribution in [1.82, 2.24) is 10.2 Å². The van der Waals surface area contributed by atoms with Gasteiger partial charge in [-0.05, 0) is 37.0 Å². The van der Waals surface area contributed by atoms with Crippen molar-refractivity contribution < 1.29 is 13.5 Å². The summed E-state index contributed by atoms with van der Waals surface area (Å²) in [5, 5.41) is 8.40. The predicted molar refractivity (Wildman–Crippen MR) is 68.9 cm³/mol. The largest absolute Gasteiger partial charge is 0.424 e. The Morgan fingerprint density at radius 2 is 1.95 bits per heavy atom. The van der Waals surface area contributed by atoms with Gasteiger partial charge in [-0.3, -0.25) is 0 Å². The minimum Gasteiger partial charge on any atom is -0.424 e. The molecule has 1 aromatic carbocycles. The molecule has 0 amide bonds. The summed E-state index contributed by atoms with van der Waals surface area (Å²) < 4.78 is 24.3. The fraction of sp³-hybridized carbons (Fsp3) is 0.467. The molecule has 2 aliphatic rings. The average Bonchev–Trinajstić information content (AvgIpc) is 2.93. The summed E-state index contributed by atoms with van der Waals surface area (Å²) >= 11 is 0. The van der Waals surface area contributed by atoms with Crippen molar-refractivity contribution in [2.24, 2.45) is 0 Å². The van der Waals surface area contributed by atoms with E-state index >= 15 is 0 Å². The Labute approximate surface area is 116 Å². The third-order valence-electron chi connectivity index (χ3n) is 4.28. The molecule has 4 rings (SSSR count). The van der Waals surface area contributed by atoms with Crippen molar-refractivity contribution in [1.29, 1.82) is 0 Å². The van der Waals surface area contributed by atoms with Gasteiger partial charge in [0.15, 0.2) is 0 Å². The molecule has 2 fully saturated rings. The zero-order valence-corrected chi connectivity index (χ0v) is 11.0. The first-order chi connectivity index (χ1) is 9.78. The summed E-state index contributed by atoms with van der Waals surface area (Å²) in [7, 11) is 0. The molecule has 0 bridgehead atoms. The molecule has 1 saturated carbocycles. The molecule has 0 unspecified atom stereocenters. The summed E-state index contributed by atoms with van der Waals surface area (Å²) in [4.78, 5) is 0. The number of nitrogens with zero attached hydrogens (tertiary/aromatic N) is 2. The number of ether oxygens (including phenoxy) is 1. The molecule has 1 aromatic heterocycles. The smallest absolute Gasteiger partial charge is 0.227 e. The van der Waals surface area contributed by atoms with E-state index in [4.69, 9.17) is 9.15 Å². The number of hydrogen-bond acceptors (Lipinski definition) is 4. The first-order valence-corrected chi connectivity index (χ1v) is 6.96. The van der Waals surface area contributed by atoms with Crippen molar-refractivity contribution >= 4 is 0 Å². The molecule has 1 aliphatic heterocycles. The van der Waals surface area contributed by atoms with Crippen LogP contribution in [0.1, 0.15) is 42.5 Å². The first kappa shape index (κ1) is 12.0. The molecule has 1 atom stereocenters. The lowest BCUT2D eigenvalue weighted by Crippen LogP contribution is -2.09. The van der Waals surface area contributed by atoms with Crippen LogP contribution in [0, 0.1) is 5.82 Å². The lowest BCUT2D eigenvalue weighted by atomic mass is 9.96. The molecule has 0 spiro atoms. The van der Waals surface area contributed by atoms with Gasteiger partial charge in [0.2, 0.25) is 11.8 Å². The van der Waals surface area contributed by atoms with Crippen LogP contribution < -0.4 is 0 Å². The predicted octanol–water partition coefficient (Wildman–Crippen LogP) is 2.79. The van der Waals surface area contributed by atoms with Gasteiger partial charge in [0.05, 0.1) is 17.9 Å². The quantitative estimate of drug-likeness (QED) is 0.863. The van der Waals surface area contributed by atoms with Crippen molar-refractivity contribution in [3.63, 3.8) is 0 Å². The molecule has 20 heavy (non-hydrogen) atoms. The van der Waals surface area contributed by atoms with Crippen LogP contribution in [0.25, 0.3) is 0 Å². The van der Waals surface area contributed by atoms with E-state index in [-0.39, 0.29) is 17.2 Å². The van der Waals surface area contributed by atoms with E-state index in [1.807, 2.05) is 12.1 Å². The maximum atomic E-state index is 13.0. The molecule has 2 heterocycles. The Bertz CT molecular complexity index is 613. The number of hydrogen-bond donors (Lipinski definition) is 0. The number of benzene rings is 1. The average molecular weight is 274 g/mol. The second-order valence-corrected chi connectivity index (χ2v) is 5.59. The van der Waals surface area contributed by atoms with Crippen molar-refractivity contribution in [3.05, 3.63) is 47.4 Å². The fourth-order valence-corrected chi connectivity index (χ4v) is 2.84. The molecule has 2 aromatic rings. The van der Waals surface area contributed by atoms with Gasteiger partial charge in [-0.1, -0.05) is 12.1 Å². The molecule has 1 aliphatic carbocycles. The molecule has 5 heteroatoms. The Hall–Kier alpha value is -1.75. The highest BCUT2D eigenvalue weighted by molar-refractivity contribution is 5.38. The first-order valence-electron chi connectivity index (χ1n) is 6.96. The van der Waals surface area contributed by atoms with Gasteiger partial charge in [-0.25, -0.2) is 4.39 Å². The van der Waals surface area contributed by atoms with E-state index in [2.05, 4.69) is 10.2 Å². The monoisotopic (exact) mass is 274 g/mol. The van der Waals surface area contributed by atoms with Crippen molar-refractivity contribution in [3.8, 4) is 0 Å². The maximum absolute atomic E-state index is 13.0. The Morgan fingerprint density at radius 3 is 2.60 bits per heavy atom. The second-order valence-electron chi connectivity index (χ2n) is 5.59. The van der Waals surface area contributed by atoms with Gasteiger partial charge in [-0.15, -0.1) is 10.2 Å². The summed E-state index contributed by atoms with van der Waals surface area (Å²) in [5.41, 5.74) is 0.857. The number of halogens is 1. The van der Waals surface area contributed by atoms with Crippen LogP contribution >= 0.6 is 0 Å². The third-order valence-corrected chi connectivity index (χ3v) is 4.28. The minimum absolute atomic E-state index is 0.196. The molecule has 0 N–H and O–H groups in total. The van der Waals surface area contributed by atoms with Crippen LogP contribution in [-0.2, 0) is 10.2 Å². The van der Waals surface area contributed by atoms with Crippen molar-refractivity contribution in [2.75, 3.05) is 13.2 Å². The fourth-order valence-electron chi connectivity index (χ4n) is 2.84. The lowest BCUT2D eigenvalue weighted by Gasteiger charge is -2.10. The molecule has 4 nitrogen and oxygen atoms in total. The third kappa shape index (κ3) is 1.85. The normalized spacial score (nSPS) is 23.9. The highest BCUT2D eigenvalue weighted by Gasteiger charge is 2.51. The van der Waals surface area contributed by atoms with E-state index in [0.717, 1.165) is 31.4 Å². The Kier molecular flexibility index (Phi) is 2.63. The summed E-state index contributed by atoms with van der Waals surface area (Å²) in [5.74, 6) is 1.33. The van der Waals surface area contributed by atoms with Crippen LogP contribution in [-0.4, -0.2) is 23.4 Å². The van der Waals surface area contributed by atoms with Crippen LogP contribution in [0.5, 0.6) is 0 Å². The molecule has 0 radical (unpaired) electrons. The van der Waals surface area contributed by atoms with E-state index in [1.165, 1.54) is 12.1 Å². The molecular formula is C15H15FN2O2. The summed E-state index contributed by atoms with van der Waals surface area (Å²) in [6.07, 6.45) is 2.88. The van der Waals surface area contributed by atoms with E-state index in [0.29, 0.717) is 18.4 Å².